The molecule has 13 heavy (non-hydrogen) atoms. The summed E-state index contributed by atoms with van der Waals surface area (Å²) in [5, 5.41) is 0. The first kappa shape index (κ1) is 13.3. The summed E-state index contributed by atoms with van der Waals surface area (Å²) in [5.74, 6) is -1.15. The Balaban J connectivity index is 3.94. The van der Waals surface area contributed by atoms with Crippen molar-refractivity contribution in [2.24, 2.45) is 5.92 Å². The highest BCUT2D eigenvalue weighted by Gasteiger charge is 2.37. The Kier molecular flexibility index (Phi) is 6.00. The number of alkyl halides is 4. The van der Waals surface area contributed by atoms with Crippen LogP contribution in [0, 0.1) is 5.92 Å². The largest absolute Gasteiger partial charge is 0.392 e. The fraction of sp³-hybridized carbons (Fsp3) is 0.778. The van der Waals surface area contributed by atoms with Gasteiger partial charge in [0.15, 0.2) is 0 Å². The van der Waals surface area contributed by atoms with Crippen LogP contribution in [-0.2, 0) is 0 Å². The second kappa shape index (κ2) is 5.88. The van der Waals surface area contributed by atoms with Crippen LogP contribution >= 0.6 is 22.6 Å². The SMILES string of the molecule is CC(C)=CCC[C@H](CI)C(F)(F)F. The highest BCUT2D eigenvalue weighted by molar-refractivity contribution is 14.1. The Morgan fingerprint density at radius 2 is 1.92 bits per heavy atom. The lowest BCUT2D eigenvalue weighted by Crippen LogP contribution is -2.23. The summed E-state index contributed by atoms with van der Waals surface area (Å²) in [4.78, 5) is 0. The zero-order chi connectivity index (χ0) is 10.5. The Morgan fingerprint density at radius 3 is 2.23 bits per heavy atom. The molecule has 4 heteroatoms. The van der Waals surface area contributed by atoms with Gasteiger partial charge in [-0.15, -0.1) is 0 Å². The van der Waals surface area contributed by atoms with Gasteiger partial charge in [-0.1, -0.05) is 34.2 Å². The molecule has 0 aromatic carbocycles. The molecular formula is C9H14F3I. The van der Waals surface area contributed by atoms with Crippen LogP contribution in [0.25, 0.3) is 0 Å². The average Bonchev–Trinajstić information content (AvgIpc) is 1.95. The van der Waals surface area contributed by atoms with Crippen LogP contribution in [0.5, 0.6) is 0 Å². The van der Waals surface area contributed by atoms with Crippen LogP contribution < -0.4 is 0 Å². The Labute approximate surface area is 90.7 Å². The predicted molar refractivity (Wildman–Crippen MR) is 57.1 cm³/mol. The summed E-state index contributed by atoms with van der Waals surface area (Å²) in [6.07, 6.45) is -1.45. The molecule has 0 heterocycles. The van der Waals surface area contributed by atoms with Gasteiger partial charge >= 0.3 is 6.18 Å². The number of halogens is 4. The summed E-state index contributed by atoms with van der Waals surface area (Å²) in [6, 6.07) is 0. The van der Waals surface area contributed by atoms with E-state index in [1.165, 1.54) is 0 Å². The molecule has 1 atom stereocenters. The highest BCUT2D eigenvalue weighted by atomic mass is 127. The average molecular weight is 306 g/mol. The van der Waals surface area contributed by atoms with E-state index < -0.39 is 12.1 Å². The van der Waals surface area contributed by atoms with Gasteiger partial charge in [-0.2, -0.15) is 13.2 Å². The van der Waals surface area contributed by atoms with Crippen LogP contribution in [-0.4, -0.2) is 10.6 Å². The van der Waals surface area contributed by atoms with Gasteiger partial charge in [-0.3, -0.25) is 0 Å². The van der Waals surface area contributed by atoms with E-state index in [2.05, 4.69) is 0 Å². The van der Waals surface area contributed by atoms with Crippen molar-refractivity contribution in [3.05, 3.63) is 11.6 Å². The highest BCUT2D eigenvalue weighted by Crippen LogP contribution is 2.31. The van der Waals surface area contributed by atoms with E-state index in [-0.39, 0.29) is 10.8 Å². The number of rotatable bonds is 4. The molecule has 0 radical (unpaired) electrons. The third-order valence-corrected chi connectivity index (χ3v) is 2.78. The van der Waals surface area contributed by atoms with Crippen molar-refractivity contribution >= 4 is 22.6 Å². The van der Waals surface area contributed by atoms with Crippen molar-refractivity contribution in [1.29, 1.82) is 0 Å². The fourth-order valence-electron chi connectivity index (χ4n) is 0.901. The number of hydrogen-bond acceptors (Lipinski definition) is 0. The summed E-state index contributed by atoms with van der Waals surface area (Å²) >= 11 is 1.79. The molecule has 0 rings (SSSR count). The first-order chi connectivity index (χ1) is 5.88. The van der Waals surface area contributed by atoms with E-state index in [0.717, 1.165) is 5.57 Å². The van der Waals surface area contributed by atoms with Gasteiger partial charge < -0.3 is 0 Å². The van der Waals surface area contributed by atoms with Crippen LogP contribution in [0.1, 0.15) is 26.7 Å². The van der Waals surface area contributed by atoms with Gasteiger partial charge in [0.25, 0.3) is 0 Å². The molecule has 0 amide bonds. The molecule has 0 unspecified atom stereocenters. The van der Waals surface area contributed by atoms with Gasteiger partial charge in [-0.25, -0.2) is 0 Å². The van der Waals surface area contributed by atoms with E-state index in [9.17, 15) is 13.2 Å². The molecule has 0 spiro atoms. The Bertz CT molecular complexity index is 168. The normalized spacial score (nSPS) is 14.0. The lowest BCUT2D eigenvalue weighted by molar-refractivity contribution is -0.168. The minimum Gasteiger partial charge on any atom is -0.171 e. The molecule has 0 fully saturated rings. The Morgan fingerprint density at radius 1 is 1.38 bits per heavy atom. The molecule has 0 saturated heterocycles. The first-order valence-corrected chi connectivity index (χ1v) is 5.66. The van der Waals surface area contributed by atoms with Gasteiger partial charge in [0.2, 0.25) is 0 Å². The van der Waals surface area contributed by atoms with Gasteiger partial charge in [0.1, 0.15) is 0 Å². The van der Waals surface area contributed by atoms with Crippen molar-refractivity contribution in [1.82, 2.24) is 0 Å². The van der Waals surface area contributed by atoms with E-state index in [0.29, 0.717) is 6.42 Å². The van der Waals surface area contributed by atoms with Crippen molar-refractivity contribution in [2.45, 2.75) is 32.9 Å². The predicted octanol–water partition coefficient (Wildman–Crippen LogP) is 4.35. The molecule has 0 saturated carbocycles. The smallest absolute Gasteiger partial charge is 0.171 e. The zero-order valence-electron chi connectivity index (χ0n) is 7.79. The van der Waals surface area contributed by atoms with Crippen molar-refractivity contribution in [3.63, 3.8) is 0 Å². The second-order valence-corrected chi connectivity index (χ2v) is 4.13. The minimum absolute atomic E-state index is 0.151. The van der Waals surface area contributed by atoms with E-state index >= 15 is 0 Å². The third-order valence-electron chi connectivity index (χ3n) is 1.72. The standard InChI is InChI=1S/C9H14F3I/c1-7(2)4-3-5-8(6-13)9(10,11)12/h4,8H,3,5-6H2,1-2H3/t8-/m1/s1. The monoisotopic (exact) mass is 306 g/mol. The van der Waals surface area contributed by atoms with Gasteiger partial charge in [0, 0.05) is 4.43 Å². The quantitative estimate of drug-likeness (QED) is 0.411. The summed E-state index contributed by atoms with van der Waals surface area (Å²) in [5.41, 5.74) is 1.08. The van der Waals surface area contributed by atoms with Crippen molar-refractivity contribution in [2.75, 3.05) is 4.43 Å². The minimum atomic E-state index is -4.03. The van der Waals surface area contributed by atoms with Crippen LogP contribution in [0.4, 0.5) is 13.2 Å². The molecule has 0 bridgehead atoms. The van der Waals surface area contributed by atoms with Gasteiger partial charge in [0.05, 0.1) is 5.92 Å². The van der Waals surface area contributed by atoms with E-state index in [4.69, 9.17) is 0 Å². The molecule has 78 valence electrons. The van der Waals surface area contributed by atoms with Crippen LogP contribution in [0.15, 0.2) is 11.6 Å². The number of allylic oxidation sites excluding steroid dienone is 2. The molecule has 0 nitrogen and oxygen atoms in total. The summed E-state index contributed by atoms with van der Waals surface area (Å²) in [7, 11) is 0. The van der Waals surface area contributed by atoms with Crippen LogP contribution in [0.3, 0.4) is 0 Å². The molecular weight excluding hydrogens is 292 g/mol. The van der Waals surface area contributed by atoms with Gasteiger partial charge in [-0.05, 0) is 26.7 Å². The lowest BCUT2D eigenvalue weighted by Gasteiger charge is -2.16. The van der Waals surface area contributed by atoms with Crippen molar-refractivity contribution in [3.8, 4) is 0 Å². The van der Waals surface area contributed by atoms with E-state index in [1.54, 1.807) is 22.6 Å². The maximum Gasteiger partial charge on any atom is 0.392 e. The summed E-state index contributed by atoms with van der Waals surface area (Å²) < 4.78 is 36.8. The fourth-order valence-corrected chi connectivity index (χ4v) is 1.84. The van der Waals surface area contributed by atoms with Crippen LogP contribution in [0.2, 0.25) is 0 Å². The molecule has 0 aliphatic heterocycles. The first-order valence-electron chi connectivity index (χ1n) is 4.14. The zero-order valence-corrected chi connectivity index (χ0v) is 9.95. The maximum atomic E-state index is 12.2. The lowest BCUT2D eigenvalue weighted by atomic mass is 10.0. The Hall–Kier alpha value is 0.260. The molecule has 0 aromatic rings. The van der Waals surface area contributed by atoms with Crippen molar-refractivity contribution < 1.29 is 13.2 Å². The summed E-state index contributed by atoms with van der Waals surface area (Å²) in [6.45, 7) is 3.79. The topological polar surface area (TPSA) is 0 Å². The maximum absolute atomic E-state index is 12.2. The third kappa shape index (κ3) is 6.35. The molecule has 0 aliphatic carbocycles. The molecule has 0 N–H and O–H groups in total. The second-order valence-electron chi connectivity index (χ2n) is 3.25. The van der Waals surface area contributed by atoms with E-state index in [1.807, 2.05) is 19.9 Å². The number of hydrogen-bond donors (Lipinski definition) is 0. The molecule has 0 aromatic heterocycles. The molecule has 0 aliphatic rings.